The lowest BCUT2D eigenvalue weighted by Crippen LogP contribution is -2.30. The van der Waals surface area contributed by atoms with Gasteiger partial charge >= 0.3 is 0 Å². The molecule has 1 aromatic heterocycles. The number of amides is 1. The SMILES string of the molecule is C=CCC(NC(=O)c1ccccc1I)c1cc2ccccc2n1/C=C\C. The van der Waals surface area contributed by atoms with E-state index in [4.69, 9.17) is 0 Å². The van der Waals surface area contributed by atoms with Crippen molar-refractivity contribution in [2.75, 3.05) is 0 Å². The second-order valence-corrected chi connectivity index (χ2v) is 7.17. The molecule has 0 spiro atoms. The van der Waals surface area contributed by atoms with E-state index in [2.05, 4.69) is 57.3 Å². The lowest BCUT2D eigenvalue weighted by atomic mass is 10.1. The van der Waals surface area contributed by atoms with Crippen molar-refractivity contribution in [3.63, 3.8) is 0 Å². The molecule has 0 aliphatic heterocycles. The summed E-state index contributed by atoms with van der Waals surface area (Å²) in [5.41, 5.74) is 2.86. The van der Waals surface area contributed by atoms with E-state index in [0.29, 0.717) is 12.0 Å². The molecular weight excluding hydrogens is 435 g/mol. The molecule has 0 radical (unpaired) electrons. The summed E-state index contributed by atoms with van der Waals surface area (Å²) >= 11 is 2.19. The highest BCUT2D eigenvalue weighted by atomic mass is 127. The monoisotopic (exact) mass is 456 g/mol. The van der Waals surface area contributed by atoms with Crippen LogP contribution in [0.4, 0.5) is 0 Å². The number of benzene rings is 2. The fourth-order valence-electron chi connectivity index (χ4n) is 3.08. The Morgan fingerprint density at radius 3 is 2.69 bits per heavy atom. The number of nitrogens with zero attached hydrogens (tertiary/aromatic N) is 1. The molecule has 0 saturated carbocycles. The number of hydrogen-bond acceptors (Lipinski definition) is 1. The number of hydrogen-bond donors (Lipinski definition) is 1. The molecule has 0 bridgehead atoms. The molecule has 3 nitrogen and oxygen atoms in total. The van der Waals surface area contributed by atoms with Gasteiger partial charge in [0.25, 0.3) is 5.91 Å². The van der Waals surface area contributed by atoms with Gasteiger partial charge in [0.15, 0.2) is 0 Å². The van der Waals surface area contributed by atoms with Crippen LogP contribution in [-0.2, 0) is 0 Å². The van der Waals surface area contributed by atoms with E-state index in [9.17, 15) is 4.79 Å². The summed E-state index contributed by atoms with van der Waals surface area (Å²) in [6.07, 6.45) is 6.54. The average Bonchev–Trinajstić information content (AvgIpc) is 3.01. The van der Waals surface area contributed by atoms with E-state index in [0.717, 1.165) is 20.2 Å². The zero-order valence-corrected chi connectivity index (χ0v) is 16.8. The highest BCUT2D eigenvalue weighted by Crippen LogP contribution is 2.27. The van der Waals surface area contributed by atoms with Gasteiger partial charge in [0, 0.05) is 20.9 Å². The Kier molecular flexibility index (Phi) is 5.93. The summed E-state index contributed by atoms with van der Waals surface area (Å²) in [5, 5.41) is 4.33. The number of nitrogens with one attached hydrogen (secondary N) is 1. The summed E-state index contributed by atoms with van der Waals surface area (Å²) in [7, 11) is 0. The second kappa shape index (κ2) is 8.36. The number of carbonyl (C=O) groups excluding carboxylic acids is 1. The number of carbonyl (C=O) groups is 1. The third-order valence-corrected chi connectivity index (χ3v) is 5.20. The first-order valence-corrected chi connectivity index (χ1v) is 9.62. The van der Waals surface area contributed by atoms with Crippen LogP contribution in [0.2, 0.25) is 0 Å². The summed E-state index contributed by atoms with van der Waals surface area (Å²) in [6.45, 7) is 5.87. The van der Waals surface area contributed by atoms with E-state index >= 15 is 0 Å². The zero-order valence-electron chi connectivity index (χ0n) is 14.7. The molecular formula is C22H21IN2O. The van der Waals surface area contributed by atoms with Gasteiger partial charge in [0.2, 0.25) is 0 Å². The Morgan fingerprint density at radius 2 is 1.96 bits per heavy atom. The van der Waals surface area contributed by atoms with Crippen LogP contribution in [0, 0.1) is 3.57 Å². The smallest absolute Gasteiger partial charge is 0.252 e. The molecule has 1 N–H and O–H groups in total. The molecule has 1 heterocycles. The topological polar surface area (TPSA) is 34.0 Å². The Balaban J connectivity index is 2.02. The molecule has 26 heavy (non-hydrogen) atoms. The van der Waals surface area contributed by atoms with Gasteiger partial charge in [0.05, 0.1) is 17.1 Å². The molecule has 1 atom stereocenters. The maximum absolute atomic E-state index is 12.8. The lowest BCUT2D eigenvalue weighted by molar-refractivity contribution is 0.0935. The van der Waals surface area contributed by atoms with Crippen molar-refractivity contribution in [1.82, 2.24) is 9.88 Å². The predicted octanol–water partition coefficient (Wildman–Crippen LogP) is 5.78. The number of halogens is 1. The maximum atomic E-state index is 12.8. The molecule has 2 aromatic carbocycles. The number of fused-ring (bicyclic) bond motifs is 1. The van der Waals surface area contributed by atoms with Gasteiger partial charge in [-0.1, -0.05) is 42.5 Å². The maximum Gasteiger partial charge on any atom is 0.252 e. The Morgan fingerprint density at radius 1 is 1.23 bits per heavy atom. The van der Waals surface area contributed by atoms with Gasteiger partial charge in [-0.2, -0.15) is 0 Å². The lowest BCUT2D eigenvalue weighted by Gasteiger charge is -2.19. The summed E-state index contributed by atoms with van der Waals surface area (Å²) in [4.78, 5) is 12.8. The van der Waals surface area contributed by atoms with E-state index in [-0.39, 0.29) is 11.9 Å². The average molecular weight is 456 g/mol. The van der Waals surface area contributed by atoms with Crippen LogP contribution in [0.1, 0.15) is 35.4 Å². The van der Waals surface area contributed by atoms with Crippen molar-refractivity contribution in [3.8, 4) is 0 Å². The Labute approximate surface area is 167 Å². The number of aromatic nitrogens is 1. The van der Waals surface area contributed by atoms with Crippen LogP contribution in [-0.4, -0.2) is 10.5 Å². The van der Waals surface area contributed by atoms with Crippen LogP contribution >= 0.6 is 22.6 Å². The molecule has 1 amide bonds. The molecule has 0 aliphatic rings. The van der Waals surface area contributed by atoms with Gasteiger partial charge in [0.1, 0.15) is 0 Å². The summed E-state index contributed by atoms with van der Waals surface area (Å²) < 4.78 is 3.08. The standard InChI is InChI=1S/C22H21IN2O/c1-3-9-19(24-22(26)17-11-6-7-12-18(17)23)21-15-16-10-5-8-13-20(16)25(21)14-4-2/h3-8,10-15,19H,1,9H2,2H3,(H,24,26)/b14-4-. The van der Waals surface area contributed by atoms with Crippen molar-refractivity contribution in [3.05, 3.63) is 88.2 Å². The fraction of sp³-hybridized carbons (Fsp3) is 0.136. The van der Waals surface area contributed by atoms with Crippen LogP contribution in [0.3, 0.4) is 0 Å². The molecule has 0 fully saturated rings. The van der Waals surface area contributed by atoms with E-state index in [1.165, 1.54) is 0 Å². The van der Waals surface area contributed by atoms with Gasteiger partial charge in [-0.15, -0.1) is 6.58 Å². The third-order valence-electron chi connectivity index (χ3n) is 4.26. The number of allylic oxidation sites excluding steroid dienone is 1. The van der Waals surface area contributed by atoms with Crippen LogP contribution in [0.15, 0.2) is 73.3 Å². The van der Waals surface area contributed by atoms with Gasteiger partial charge < -0.3 is 9.88 Å². The van der Waals surface area contributed by atoms with Gasteiger partial charge in [-0.3, -0.25) is 4.79 Å². The van der Waals surface area contributed by atoms with Crippen LogP contribution < -0.4 is 5.32 Å². The van der Waals surface area contributed by atoms with Gasteiger partial charge in [-0.05, 0) is 60.2 Å². The molecule has 0 saturated heterocycles. The largest absolute Gasteiger partial charge is 0.343 e. The number of para-hydroxylation sites is 1. The quantitative estimate of drug-likeness (QED) is 0.370. The predicted molar refractivity (Wildman–Crippen MR) is 117 cm³/mol. The highest BCUT2D eigenvalue weighted by Gasteiger charge is 2.20. The van der Waals surface area contributed by atoms with Crippen molar-refractivity contribution in [2.45, 2.75) is 19.4 Å². The first kappa shape index (κ1) is 18.5. The summed E-state index contributed by atoms with van der Waals surface area (Å²) in [5.74, 6) is -0.0702. The first-order chi connectivity index (χ1) is 12.7. The van der Waals surface area contributed by atoms with Crippen LogP contribution in [0.5, 0.6) is 0 Å². The Hall–Kier alpha value is -2.34. The molecule has 0 aliphatic carbocycles. The Bertz CT molecular complexity index is 971. The molecule has 3 rings (SSSR count). The molecule has 3 aromatic rings. The summed E-state index contributed by atoms with van der Waals surface area (Å²) in [6, 6.07) is 17.8. The number of rotatable bonds is 6. The van der Waals surface area contributed by atoms with E-state index in [1.54, 1.807) is 0 Å². The molecule has 132 valence electrons. The minimum atomic E-state index is -0.153. The zero-order chi connectivity index (χ0) is 18.5. The second-order valence-electron chi connectivity index (χ2n) is 6.01. The fourth-order valence-corrected chi connectivity index (χ4v) is 3.71. The first-order valence-electron chi connectivity index (χ1n) is 8.54. The van der Waals surface area contributed by atoms with Crippen molar-refractivity contribution in [2.24, 2.45) is 0 Å². The van der Waals surface area contributed by atoms with Gasteiger partial charge in [-0.25, -0.2) is 0 Å². The third kappa shape index (κ3) is 3.75. The van der Waals surface area contributed by atoms with E-state index < -0.39 is 0 Å². The molecule has 4 heteroatoms. The van der Waals surface area contributed by atoms with E-state index in [1.807, 2.05) is 61.7 Å². The molecule has 1 unspecified atom stereocenters. The van der Waals surface area contributed by atoms with Crippen LogP contribution in [0.25, 0.3) is 17.1 Å². The highest BCUT2D eigenvalue weighted by molar-refractivity contribution is 14.1. The van der Waals surface area contributed by atoms with Crippen molar-refractivity contribution < 1.29 is 4.79 Å². The minimum absolute atomic E-state index is 0.0702. The van der Waals surface area contributed by atoms with Crippen molar-refractivity contribution in [1.29, 1.82) is 0 Å². The minimum Gasteiger partial charge on any atom is -0.343 e. The van der Waals surface area contributed by atoms with Crippen molar-refractivity contribution >= 4 is 45.6 Å². The normalized spacial score (nSPS) is 12.4.